The molecule has 0 saturated heterocycles. The maximum atomic E-state index is 12.6. The number of nitrogens with one attached hydrogen (secondary N) is 1. The normalized spacial score (nSPS) is 15.8. The lowest BCUT2D eigenvalue weighted by atomic mass is 9.98. The Kier molecular flexibility index (Phi) is 6.77. The molecular weight excluding hydrogens is 420 g/mol. The SMILES string of the molecule is CC[C@@H](CC(=O)N1CC=C(C(=O)O)CC1)NC(=O)OCC1c2ccccc2-c2ccccc21. The smallest absolute Gasteiger partial charge is 0.407 e. The highest BCUT2D eigenvalue weighted by atomic mass is 16.5. The maximum Gasteiger partial charge on any atom is 0.407 e. The minimum atomic E-state index is -0.939. The van der Waals surface area contributed by atoms with Gasteiger partial charge in [-0.1, -0.05) is 61.5 Å². The van der Waals surface area contributed by atoms with Crippen LogP contribution in [0.25, 0.3) is 11.1 Å². The Bertz CT molecular complexity index is 1050. The third-order valence-corrected chi connectivity index (χ3v) is 6.42. The zero-order valence-corrected chi connectivity index (χ0v) is 18.6. The van der Waals surface area contributed by atoms with E-state index >= 15 is 0 Å². The number of rotatable bonds is 7. The average molecular weight is 449 g/mol. The molecule has 0 aromatic heterocycles. The van der Waals surface area contributed by atoms with Crippen LogP contribution in [-0.4, -0.2) is 53.7 Å². The molecule has 4 rings (SSSR count). The number of alkyl carbamates (subject to hydrolysis) is 1. The lowest BCUT2D eigenvalue weighted by Gasteiger charge is -2.27. The van der Waals surface area contributed by atoms with Crippen LogP contribution in [0.5, 0.6) is 0 Å². The van der Waals surface area contributed by atoms with E-state index in [0.29, 0.717) is 25.0 Å². The molecule has 2 aliphatic rings. The Morgan fingerprint density at radius 1 is 1.09 bits per heavy atom. The molecule has 1 aliphatic carbocycles. The van der Waals surface area contributed by atoms with Crippen LogP contribution >= 0.6 is 0 Å². The first-order chi connectivity index (χ1) is 16.0. The van der Waals surface area contributed by atoms with E-state index in [-0.39, 0.29) is 37.4 Å². The number of carbonyl (C=O) groups excluding carboxylic acids is 2. The van der Waals surface area contributed by atoms with E-state index in [9.17, 15) is 14.4 Å². The van der Waals surface area contributed by atoms with Gasteiger partial charge in [-0.05, 0) is 35.1 Å². The summed E-state index contributed by atoms with van der Waals surface area (Å²) in [6.07, 6.45) is 2.10. The Hall–Kier alpha value is -3.61. The van der Waals surface area contributed by atoms with Crippen molar-refractivity contribution in [3.05, 3.63) is 71.3 Å². The zero-order valence-electron chi connectivity index (χ0n) is 18.6. The molecule has 2 amide bonds. The third kappa shape index (κ3) is 4.92. The van der Waals surface area contributed by atoms with Gasteiger partial charge in [0.2, 0.25) is 5.91 Å². The molecule has 0 unspecified atom stereocenters. The summed E-state index contributed by atoms with van der Waals surface area (Å²) in [5.41, 5.74) is 4.96. The summed E-state index contributed by atoms with van der Waals surface area (Å²) in [6, 6.07) is 16.0. The molecule has 172 valence electrons. The monoisotopic (exact) mass is 448 g/mol. The minimum absolute atomic E-state index is 0.0200. The summed E-state index contributed by atoms with van der Waals surface area (Å²) in [6.45, 7) is 2.78. The summed E-state index contributed by atoms with van der Waals surface area (Å²) in [4.78, 5) is 37.8. The van der Waals surface area contributed by atoms with Crippen LogP contribution in [0.1, 0.15) is 43.2 Å². The first-order valence-electron chi connectivity index (χ1n) is 11.3. The molecule has 0 radical (unpaired) electrons. The molecule has 2 aromatic carbocycles. The number of ether oxygens (including phenoxy) is 1. The summed E-state index contributed by atoms with van der Waals surface area (Å²) in [5, 5.41) is 11.9. The van der Waals surface area contributed by atoms with Crippen LogP contribution in [0.15, 0.2) is 60.2 Å². The number of nitrogens with zero attached hydrogens (tertiary/aromatic N) is 1. The van der Waals surface area contributed by atoms with E-state index < -0.39 is 12.1 Å². The molecule has 7 nitrogen and oxygen atoms in total. The van der Waals surface area contributed by atoms with Crippen molar-refractivity contribution < 1.29 is 24.2 Å². The third-order valence-electron chi connectivity index (χ3n) is 6.42. The number of amides is 2. The van der Waals surface area contributed by atoms with Gasteiger partial charge >= 0.3 is 12.1 Å². The van der Waals surface area contributed by atoms with Crippen molar-refractivity contribution >= 4 is 18.0 Å². The lowest BCUT2D eigenvalue weighted by Crippen LogP contribution is -2.42. The molecule has 0 spiro atoms. The Morgan fingerprint density at radius 3 is 2.27 bits per heavy atom. The van der Waals surface area contributed by atoms with Crippen molar-refractivity contribution in [2.75, 3.05) is 19.7 Å². The number of fused-ring (bicyclic) bond motifs is 3. The van der Waals surface area contributed by atoms with Crippen LogP contribution in [0.4, 0.5) is 4.79 Å². The van der Waals surface area contributed by atoms with Gasteiger partial charge in [0, 0.05) is 37.0 Å². The molecular formula is C26H28N2O5. The highest BCUT2D eigenvalue weighted by Crippen LogP contribution is 2.44. The number of aliphatic carboxylic acids is 1. The highest BCUT2D eigenvalue weighted by Gasteiger charge is 2.29. The van der Waals surface area contributed by atoms with Gasteiger partial charge in [0.1, 0.15) is 6.61 Å². The van der Waals surface area contributed by atoms with Crippen LogP contribution in [0, 0.1) is 0 Å². The van der Waals surface area contributed by atoms with Gasteiger partial charge in [0.25, 0.3) is 0 Å². The number of hydrogen-bond acceptors (Lipinski definition) is 4. The molecule has 33 heavy (non-hydrogen) atoms. The molecule has 1 aliphatic heterocycles. The van der Waals surface area contributed by atoms with Gasteiger partial charge in [0.05, 0.1) is 0 Å². The van der Waals surface area contributed by atoms with Gasteiger partial charge in [-0.2, -0.15) is 0 Å². The van der Waals surface area contributed by atoms with Crippen molar-refractivity contribution in [3.63, 3.8) is 0 Å². The zero-order chi connectivity index (χ0) is 23.4. The van der Waals surface area contributed by atoms with E-state index in [1.54, 1.807) is 11.0 Å². The average Bonchev–Trinajstić information content (AvgIpc) is 3.16. The van der Waals surface area contributed by atoms with Gasteiger partial charge in [-0.3, -0.25) is 4.79 Å². The van der Waals surface area contributed by atoms with Gasteiger partial charge < -0.3 is 20.1 Å². The molecule has 0 saturated carbocycles. The van der Waals surface area contributed by atoms with E-state index in [1.165, 1.54) is 11.1 Å². The van der Waals surface area contributed by atoms with Gasteiger partial charge in [-0.25, -0.2) is 9.59 Å². The first-order valence-corrected chi connectivity index (χ1v) is 11.3. The Balaban J connectivity index is 1.32. The second kappa shape index (κ2) is 9.90. The van der Waals surface area contributed by atoms with Crippen molar-refractivity contribution in [1.29, 1.82) is 0 Å². The number of carboxylic acid groups (broad SMARTS) is 1. The molecule has 2 N–H and O–H groups in total. The topological polar surface area (TPSA) is 95.9 Å². The second-order valence-electron chi connectivity index (χ2n) is 8.40. The summed E-state index contributed by atoms with van der Waals surface area (Å²) >= 11 is 0. The standard InChI is InChI=1S/C26H28N2O5/c1-2-18(15-24(29)28-13-11-17(12-14-28)25(30)31)27-26(32)33-16-23-21-9-5-3-7-19(21)20-8-4-6-10-22(20)23/h3-11,18,23H,2,12-16H2,1H3,(H,27,32)(H,30,31)/t18-/m0/s1. The Morgan fingerprint density at radius 2 is 1.73 bits per heavy atom. The van der Waals surface area contributed by atoms with Crippen molar-refractivity contribution in [2.45, 2.75) is 38.1 Å². The fraction of sp³-hybridized carbons (Fsp3) is 0.346. The first kappa shape index (κ1) is 22.6. The molecule has 1 heterocycles. The van der Waals surface area contributed by atoms with Crippen molar-refractivity contribution in [3.8, 4) is 11.1 Å². The minimum Gasteiger partial charge on any atom is -0.478 e. The Labute approximate surface area is 193 Å². The second-order valence-corrected chi connectivity index (χ2v) is 8.40. The molecule has 0 bridgehead atoms. The molecule has 1 atom stereocenters. The predicted octanol–water partition coefficient (Wildman–Crippen LogP) is 3.94. The lowest BCUT2D eigenvalue weighted by molar-refractivity contribution is -0.135. The maximum absolute atomic E-state index is 12.6. The number of carbonyl (C=O) groups is 3. The molecule has 7 heteroatoms. The van der Waals surface area contributed by atoms with Gasteiger partial charge in [-0.15, -0.1) is 0 Å². The van der Waals surface area contributed by atoms with E-state index in [4.69, 9.17) is 9.84 Å². The van der Waals surface area contributed by atoms with Gasteiger partial charge in [0.15, 0.2) is 0 Å². The van der Waals surface area contributed by atoms with Crippen LogP contribution in [-0.2, 0) is 14.3 Å². The fourth-order valence-electron chi connectivity index (χ4n) is 4.53. The van der Waals surface area contributed by atoms with E-state index in [2.05, 4.69) is 29.6 Å². The van der Waals surface area contributed by atoms with Crippen LogP contribution < -0.4 is 5.32 Å². The molecule has 0 fully saturated rings. The van der Waals surface area contributed by atoms with Crippen LogP contribution in [0.3, 0.4) is 0 Å². The predicted molar refractivity (Wildman–Crippen MR) is 124 cm³/mol. The summed E-state index contributed by atoms with van der Waals surface area (Å²) < 4.78 is 5.59. The quantitative estimate of drug-likeness (QED) is 0.669. The van der Waals surface area contributed by atoms with Crippen molar-refractivity contribution in [1.82, 2.24) is 10.2 Å². The largest absolute Gasteiger partial charge is 0.478 e. The van der Waals surface area contributed by atoms with E-state index in [0.717, 1.165) is 11.1 Å². The van der Waals surface area contributed by atoms with Crippen molar-refractivity contribution in [2.24, 2.45) is 0 Å². The number of benzene rings is 2. The summed E-state index contributed by atoms with van der Waals surface area (Å²) in [5.74, 6) is -1.07. The number of carboxylic acids is 1. The van der Waals surface area contributed by atoms with Crippen LogP contribution in [0.2, 0.25) is 0 Å². The molecule has 2 aromatic rings. The highest BCUT2D eigenvalue weighted by molar-refractivity contribution is 5.87. The van der Waals surface area contributed by atoms with E-state index in [1.807, 2.05) is 31.2 Å². The summed E-state index contributed by atoms with van der Waals surface area (Å²) in [7, 11) is 0. The fourth-order valence-corrected chi connectivity index (χ4v) is 4.53. The number of hydrogen-bond donors (Lipinski definition) is 2.